The van der Waals surface area contributed by atoms with Crippen molar-refractivity contribution in [1.82, 2.24) is 9.97 Å². The molecule has 2 aromatic heterocycles. The predicted octanol–water partition coefficient (Wildman–Crippen LogP) is 7.55. The van der Waals surface area contributed by atoms with Crippen LogP contribution >= 0.6 is 0 Å². The lowest BCUT2D eigenvalue weighted by molar-refractivity contribution is 0.256. The molecule has 0 atom stereocenters. The van der Waals surface area contributed by atoms with Crippen LogP contribution in [0.1, 0.15) is 63.5 Å². The number of rotatable bonds is 9. The van der Waals surface area contributed by atoms with E-state index in [1.54, 1.807) is 36.5 Å². The number of aromatic nitrogens is 2. The molecule has 0 aliphatic heterocycles. The largest absolute Gasteiger partial charge is 0.508 e. The first-order valence-corrected chi connectivity index (χ1v) is 13.3. The van der Waals surface area contributed by atoms with Gasteiger partial charge in [0, 0.05) is 23.8 Å². The number of carbonyl (C=O) groups excluding carboxylic acids is 1. The number of anilines is 2. The number of nitrogens with zero attached hydrogens (tertiary/aromatic N) is 2. The average Bonchev–Trinajstić information content (AvgIpc) is 2.90. The van der Waals surface area contributed by atoms with Gasteiger partial charge in [0.2, 0.25) is 0 Å². The number of fused-ring (bicyclic) bond motifs is 1. The maximum absolute atomic E-state index is 13.9. The molecule has 4 rings (SSSR count). The molecule has 0 saturated carbocycles. The summed E-state index contributed by atoms with van der Waals surface area (Å²) in [6.07, 6.45) is 4.79. The highest BCUT2D eigenvalue weighted by molar-refractivity contribution is 6.03. The number of hydrogen-bond donors (Lipinski definition) is 3. The number of benzene rings is 2. The Morgan fingerprint density at radius 2 is 1.77 bits per heavy atom. The molecular formula is C32H36N4O3. The van der Waals surface area contributed by atoms with E-state index in [4.69, 9.17) is 0 Å². The van der Waals surface area contributed by atoms with Crippen LogP contribution in [-0.2, 0) is 0 Å². The van der Waals surface area contributed by atoms with Crippen molar-refractivity contribution in [1.29, 1.82) is 0 Å². The highest BCUT2D eigenvalue weighted by Crippen LogP contribution is 2.38. The summed E-state index contributed by atoms with van der Waals surface area (Å²) >= 11 is 0. The molecule has 0 fully saturated rings. The second kappa shape index (κ2) is 12.0. The molecule has 7 heteroatoms. The van der Waals surface area contributed by atoms with Gasteiger partial charge in [-0.05, 0) is 89.4 Å². The highest BCUT2D eigenvalue weighted by atomic mass is 16.3. The summed E-state index contributed by atoms with van der Waals surface area (Å²) in [4.78, 5) is 35.6. The van der Waals surface area contributed by atoms with E-state index in [1.165, 1.54) is 4.90 Å². The lowest BCUT2D eigenvalue weighted by Crippen LogP contribution is -2.39. The Morgan fingerprint density at radius 3 is 2.41 bits per heavy atom. The third-order valence-electron chi connectivity index (χ3n) is 6.78. The van der Waals surface area contributed by atoms with Crippen molar-refractivity contribution in [3.05, 3.63) is 94.9 Å². The molecular weight excluding hydrogens is 488 g/mol. The quantitative estimate of drug-likeness (QED) is 0.155. The molecule has 4 aromatic rings. The minimum atomic E-state index is -0.373. The van der Waals surface area contributed by atoms with Gasteiger partial charge in [0.1, 0.15) is 17.1 Å². The number of aromatic hydroxyl groups is 1. The Bertz CT molecular complexity index is 1530. The molecule has 0 unspecified atom stereocenters. The van der Waals surface area contributed by atoms with Gasteiger partial charge in [-0.15, -0.1) is 6.58 Å². The monoisotopic (exact) mass is 524 g/mol. The van der Waals surface area contributed by atoms with Crippen molar-refractivity contribution in [3.8, 4) is 16.9 Å². The second-order valence-electron chi connectivity index (χ2n) is 10.3. The number of carbonyl (C=O) groups is 1. The van der Waals surface area contributed by atoms with Gasteiger partial charge in [0.05, 0.1) is 0 Å². The number of amides is 2. The molecule has 0 bridgehead atoms. The molecule has 0 radical (unpaired) electrons. The second-order valence-corrected chi connectivity index (χ2v) is 10.3. The lowest BCUT2D eigenvalue weighted by Gasteiger charge is -2.27. The predicted molar refractivity (Wildman–Crippen MR) is 160 cm³/mol. The number of urea groups is 1. The van der Waals surface area contributed by atoms with Crippen LogP contribution in [0.25, 0.3) is 22.2 Å². The van der Waals surface area contributed by atoms with Gasteiger partial charge >= 0.3 is 6.03 Å². The Morgan fingerprint density at radius 1 is 1.05 bits per heavy atom. The number of aromatic amines is 1. The van der Waals surface area contributed by atoms with Crippen LogP contribution in [0.15, 0.2) is 78.2 Å². The molecule has 2 heterocycles. The van der Waals surface area contributed by atoms with Gasteiger partial charge < -0.3 is 15.4 Å². The number of pyridine rings is 2. The van der Waals surface area contributed by atoms with Gasteiger partial charge in [0.15, 0.2) is 0 Å². The molecule has 0 spiro atoms. The summed E-state index contributed by atoms with van der Waals surface area (Å²) < 4.78 is 0. The lowest BCUT2D eigenvalue weighted by atomic mass is 9.88. The van der Waals surface area contributed by atoms with Crippen LogP contribution < -0.4 is 15.8 Å². The summed E-state index contributed by atoms with van der Waals surface area (Å²) in [6.45, 7) is 12.5. The van der Waals surface area contributed by atoms with Gasteiger partial charge in [-0.3, -0.25) is 9.69 Å². The Hall–Kier alpha value is -4.39. The number of allylic oxidation sites excluding steroid dienone is 1. The minimum absolute atomic E-state index is 0.111. The molecule has 2 amide bonds. The first-order chi connectivity index (χ1) is 18.7. The van der Waals surface area contributed by atoms with Crippen LogP contribution in [0.2, 0.25) is 0 Å². The SMILES string of the molecule is C=CCCCN(C(=O)Nc1c(C(C)C)cc(-c2cccc(O)c2)cc1C(C)C)c1cc2cccnc2[nH]c1=O. The Kier molecular flexibility index (Phi) is 8.49. The summed E-state index contributed by atoms with van der Waals surface area (Å²) in [5.74, 6) is 0.423. The first-order valence-electron chi connectivity index (χ1n) is 13.3. The smallest absolute Gasteiger partial charge is 0.326 e. The molecule has 202 valence electrons. The number of phenols is 1. The van der Waals surface area contributed by atoms with E-state index in [-0.39, 0.29) is 34.9 Å². The summed E-state index contributed by atoms with van der Waals surface area (Å²) in [5, 5.41) is 14.0. The molecule has 7 nitrogen and oxygen atoms in total. The van der Waals surface area contributed by atoms with E-state index < -0.39 is 0 Å². The number of unbranched alkanes of at least 4 members (excludes halogenated alkanes) is 1. The van der Waals surface area contributed by atoms with Gasteiger partial charge in [0.25, 0.3) is 5.56 Å². The fourth-order valence-corrected chi connectivity index (χ4v) is 4.72. The summed E-state index contributed by atoms with van der Waals surface area (Å²) in [6, 6.07) is 16.3. The van der Waals surface area contributed by atoms with Crippen molar-refractivity contribution in [3.63, 3.8) is 0 Å². The van der Waals surface area contributed by atoms with Crippen LogP contribution in [0.3, 0.4) is 0 Å². The van der Waals surface area contributed by atoms with Gasteiger partial charge in [-0.1, -0.05) is 45.9 Å². The molecule has 0 saturated heterocycles. The zero-order chi connectivity index (χ0) is 28.1. The number of hydrogen-bond acceptors (Lipinski definition) is 4. The summed E-state index contributed by atoms with van der Waals surface area (Å²) in [7, 11) is 0. The molecule has 2 aromatic carbocycles. The summed E-state index contributed by atoms with van der Waals surface area (Å²) in [5.41, 5.74) is 4.96. The third kappa shape index (κ3) is 6.20. The van der Waals surface area contributed by atoms with Crippen molar-refractivity contribution < 1.29 is 9.90 Å². The number of nitrogens with one attached hydrogen (secondary N) is 2. The van der Waals surface area contributed by atoms with Crippen LogP contribution in [0.5, 0.6) is 5.75 Å². The third-order valence-corrected chi connectivity index (χ3v) is 6.78. The highest BCUT2D eigenvalue weighted by Gasteiger charge is 2.24. The average molecular weight is 525 g/mol. The van der Waals surface area contributed by atoms with E-state index in [0.29, 0.717) is 25.0 Å². The van der Waals surface area contributed by atoms with E-state index in [9.17, 15) is 14.7 Å². The van der Waals surface area contributed by atoms with Crippen molar-refractivity contribution >= 4 is 28.4 Å². The van der Waals surface area contributed by atoms with Crippen molar-refractivity contribution in [2.24, 2.45) is 0 Å². The molecule has 0 aliphatic rings. The maximum atomic E-state index is 13.9. The molecule has 0 aliphatic carbocycles. The van der Waals surface area contributed by atoms with Crippen molar-refractivity contribution in [2.45, 2.75) is 52.4 Å². The fourth-order valence-electron chi connectivity index (χ4n) is 4.72. The number of phenolic OH excluding ortho intramolecular Hbond substituents is 1. The zero-order valence-electron chi connectivity index (χ0n) is 23.0. The van der Waals surface area contributed by atoms with Gasteiger partial charge in [-0.25, -0.2) is 9.78 Å². The van der Waals surface area contributed by atoms with Crippen LogP contribution in [-0.4, -0.2) is 27.7 Å². The number of H-pyrrole nitrogens is 1. The molecule has 39 heavy (non-hydrogen) atoms. The van der Waals surface area contributed by atoms with E-state index in [1.807, 2.05) is 18.2 Å². The topological polar surface area (TPSA) is 98.3 Å². The van der Waals surface area contributed by atoms with E-state index >= 15 is 0 Å². The van der Waals surface area contributed by atoms with E-state index in [2.05, 4.69) is 61.7 Å². The zero-order valence-corrected chi connectivity index (χ0v) is 23.0. The maximum Gasteiger partial charge on any atom is 0.326 e. The Balaban J connectivity index is 1.80. The van der Waals surface area contributed by atoms with Crippen LogP contribution in [0.4, 0.5) is 16.2 Å². The van der Waals surface area contributed by atoms with Crippen molar-refractivity contribution in [2.75, 3.05) is 16.8 Å². The fraction of sp³-hybridized carbons (Fsp3) is 0.281. The van der Waals surface area contributed by atoms with Gasteiger partial charge in [-0.2, -0.15) is 0 Å². The van der Waals surface area contributed by atoms with Crippen LogP contribution in [0, 0.1) is 0 Å². The molecule has 3 N–H and O–H groups in total. The first kappa shape index (κ1) is 27.6. The Labute approximate surface area is 229 Å². The normalized spacial score (nSPS) is 11.2. The minimum Gasteiger partial charge on any atom is -0.508 e. The standard InChI is InChI=1S/C32H36N4O3/c1-6-7-8-15-36(28-19-23-12-10-14-33-30(23)35-31(28)38)32(39)34-29-26(20(2)3)17-24(18-27(29)21(4)5)22-11-9-13-25(37)16-22/h6,9-14,16-21,37H,1,7-8,15H2,2-5H3,(H,34,39)(H,33,35,38). The van der Waals surface area contributed by atoms with E-state index in [0.717, 1.165) is 33.3 Å².